The lowest BCUT2D eigenvalue weighted by molar-refractivity contribution is -0.118. The van der Waals surface area contributed by atoms with E-state index in [0.29, 0.717) is 11.0 Å². The van der Waals surface area contributed by atoms with Crippen molar-refractivity contribution in [1.82, 2.24) is 9.36 Å². The summed E-state index contributed by atoms with van der Waals surface area (Å²) >= 11 is 1.17. The molecule has 0 saturated heterocycles. The summed E-state index contributed by atoms with van der Waals surface area (Å²) in [6.07, 6.45) is 5.40. The molecule has 0 aliphatic carbocycles. The number of nitrogens with one attached hydrogen (secondary N) is 1. The van der Waals surface area contributed by atoms with Gasteiger partial charge in [0.25, 0.3) is 0 Å². The number of rotatable bonds is 5. The topological polar surface area (TPSA) is 80.9 Å². The Morgan fingerprint density at radius 1 is 1.47 bits per heavy atom. The first kappa shape index (κ1) is 13.1. The van der Waals surface area contributed by atoms with Gasteiger partial charge in [0.05, 0.1) is 0 Å². The van der Waals surface area contributed by atoms with Crippen LogP contribution in [0.1, 0.15) is 6.42 Å². The molecule has 0 bridgehead atoms. The van der Waals surface area contributed by atoms with E-state index >= 15 is 0 Å². The zero-order chi connectivity index (χ0) is 13.7. The molecule has 0 spiro atoms. The Kier molecular flexibility index (Phi) is 4.11. The molecule has 2 aromatic rings. The Morgan fingerprint density at radius 3 is 2.84 bits per heavy atom. The molecule has 1 aromatic carbocycles. The summed E-state index contributed by atoms with van der Waals surface area (Å²) < 4.78 is 4.22. The number of nitrogens with two attached hydrogens (primary N) is 1. The summed E-state index contributed by atoms with van der Waals surface area (Å²) in [4.78, 5) is 15.5. The van der Waals surface area contributed by atoms with E-state index in [1.807, 2.05) is 30.3 Å². The Labute approximate surface area is 115 Å². The van der Waals surface area contributed by atoms with Crippen LogP contribution in [0.25, 0.3) is 11.4 Å². The third-order valence-corrected chi connectivity index (χ3v) is 3.07. The van der Waals surface area contributed by atoms with Gasteiger partial charge in [-0.3, -0.25) is 4.79 Å². The normalized spacial score (nSPS) is 11.5. The monoisotopic (exact) mass is 272 g/mol. The SMILES string of the molecule is C#CCC(Nc1nc(-c2ccccc2)ns1)C(N)=O. The average molecular weight is 272 g/mol. The van der Waals surface area contributed by atoms with Gasteiger partial charge in [0.1, 0.15) is 6.04 Å². The minimum absolute atomic E-state index is 0.218. The molecule has 1 heterocycles. The first-order chi connectivity index (χ1) is 9.20. The Balaban J connectivity index is 2.13. The highest BCUT2D eigenvalue weighted by Crippen LogP contribution is 2.21. The number of hydrogen-bond donors (Lipinski definition) is 2. The van der Waals surface area contributed by atoms with E-state index in [-0.39, 0.29) is 6.42 Å². The van der Waals surface area contributed by atoms with Crippen molar-refractivity contribution in [3.63, 3.8) is 0 Å². The average Bonchev–Trinajstić information content (AvgIpc) is 2.88. The van der Waals surface area contributed by atoms with Crippen molar-refractivity contribution in [2.75, 3.05) is 5.32 Å². The fourth-order valence-corrected chi connectivity index (χ4v) is 2.12. The van der Waals surface area contributed by atoms with Crippen LogP contribution in [0.15, 0.2) is 30.3 Å². The molecule has 6 heteroatoms. The maximum atomic E-state index is 11.2. The number of aromatic nitrogens is 2. The maximum absolute atomic E-state index is 11.2. The zero-order valence-electron chi connectivity index (χ0n) is 10.0. The highest BCUT2D eigenvalue weighted by atomic mass is 32.1. The summed E-state index contributed by atoms with van der Waals surface area (Å²) in [7, 11) is 0. The number of hydrogen-bond acceptors (Lipinski definition) is 5. The lowest BCUT2D eigenvalue weighted by Crippen LogP contribution is -2.35. The molecule has 0 fully saturated rings. The molecule has 1 amide bonds. The number of amides is 1. The third-order valence-electron chi connectivity index (χ3n) is 2.42. The van der Waals surface area contributed by atoms with Gasteiger partial charge in [-0.1, -0.05) is 30.3 Å². The van der Waals surface area contributed by atoms with Gasteiger partial charge in [0, 0.05) is 23.5 Å². The molecule has 1 atom stereocenters. The van der Waals surface area contributed by atoms with Gasteiger partial charge >= 0.3 is 0 Å². The van der Waals surface area contributed by atoms with E-state index in [0.717, 1.165) is 5.56 Å². The second-order valence-electron chi connectivity index (χ2n) is 3.80. The molecular weight excluding hydrogens is 260 g/mol. The van der Waals surface area contributed by atoms with Crippen molar-refractivity contribution in [3.8, 4) is 23.7 Å². The van der Waals surface area contributed by atoms with Gasteiger partial charge in [0.2, 0.25) is 11.0 Å². The molecule has 19 heavy (non-hydrogen) atoms. The fraction of sp³-hybridized carbons (Fsp3) is 0.154. The molecule has 2 rings (SSSR count). The summed E-state index contributed by atoms with van der Waals surface area (Å²) in [6, 6.07) is 8.95. The molecule has 96 valence electrons. The highest BCUT2D eigenvalue weighted by molar-refractivity contribution is 7.09. The van der Waals surface area contributed by atoms with E-state index in [4.69, 9.17) is 12.2 Å². The number of terminal acetylenes is 1. The minimum Gasteiger partial charge on any atom is -0.368 e. The zero-order valence-corrected chi connectivity index (χ0v) is 10.9. The van der Waals surface area contributed by atoms with Gasteiger partial charge < -0.3 is 11.1 Å². The number of benzene rings is 1. The molecule has 0 aliphatic heterocycles. The van der Waals surface area contributed by atoms with Crippen LogP contribution in [0.5, 0.6) is 0 Å². The summed E-state index contributed by atoms with van der Waals surface area (Å²) in [5.74, 6) is 2.50. The van der Waals surface area contributed by atoms with Gasteiger partial charge in [-0.2, -0.15) is 9.36 Å². The number of nitrogens with zero attached hydrogens (tertiary/aromatic N) is 2. The highest BCUT2D eigenvalue weighted by Gasteiger charge is 2.16. The first-order valence-electron chi connectivity index (χ1n) is 5.59. The van der Waals surface area contributed by atoms with Crippen molar-refractivity contribution < 1.29 is 4.79 Å². The summed E-state index contributed by atoms with van der Waals surface area (Å²) in [6.45, 7) is 0. The van der Waals surface area contributed by atoms with Crippen LogP contribution in [0.2, 0.25) is 0 Å². The van der Waals surface area contributed by atoms with Crippen molar-refractivity contribution in [2.24, 2.45) is 5.73 Å². The number of carbonyl (C=O) groups excluding carboxylic acids is 1. The van der Waals surface area contributed by atoms with Crippen LogP contribution in [0.4, 0.5) is 5.13 Å². The first-order valence-corrected chi connectivity index (χ1v) is 6.36. The number of anilines is 1. The third kappa shape index (κ3) is 3.30. The van der Waals surface area contributed by atoms with Gasteiger partial charge in [-0.05, 0) is 0 Å². The molecule has 5 nitrogen and oxygen atoms in total. The van der Waals surface area contributed by atoms with Crippen molar-refractivity contribution in [1.29, 1.82) is 0 Å². The van der Waals surface area contributed by atoms with Crippen molar-refractivity contribution >= 4 is 22.6 Å². The number of primary amides is 1. The van der Waals surface area contributed by atoms with Crippen LogP contribution >= 0.6 is 11.5 Å². The number of carbonyl (C=O) groups is 1. The van der Waals surface area contributed by atoms with Crippen LogP contribution < -0.4 is 11.1 Å². The second kappa shape index (κ2) is 5.98. The standard InChI is InChI=1S/C13H12N4OS/c1-2-6-10(11(14)18)15-13-16-12(17-19-13)9-7-4-3-5-8-9/h1,3-5,7-8,10H,6H2,(H2,14,18)(H,15,16,17). The van der Waals surface area contributed by atoms with Crippen LogP contribution in [0.3, 0.4) is 0 Å². The van der Waals surface area contributed by atoms with Crippen molar-refractivity contribution in [2.45, 2.75) is 12.5 Å². The lowest BCUT2D eigenvalue weighted by atomic mass is 10.2. The minimum atomic E-state index is -0.624. The van der Waals surface area contributed by atoms with E-state index in [9.17, 15) is 4.79 Å². The van der Waals surface area contributed by atoms with E-state index in [1.165, 1.54) is 11.5 Å². The fourth-order valence-electron chi connectivity index (χ4n) is 1.48. The van der Waals surface area contributed by atoms with Crippen LogP contribution in [-0.4, -0.2) is 21.3 Å². The molecular formula is C13H12N4OS. The van der Waals surface area contributed by atoms with E-state index in [1.54, 1.807) is 0 Å². The molecule has 0 saturated carbocycles. The Morgan fingerprint density at radius 2 is 2.21 bits per heavy atom. The van der Waals surface area contributed by atoms with Crippen LogP contribution in [0, 0.1) is 12.3 Å². The smallest absolute Gasteiger partial charge is 0.240 e. The largest absolute Gasteiger partial charge is 0.368 e. The Hall–Kier alpha value is -2.39. The lowest BCUT2D eigenvalue weighted by Gasteiger charge is -2.10. The predicted molar refractivity (Wildman–Crippen MR) is 75.4 cm³/mol. The van der Waals surface area contributed by atoms with Gasteiger partial charge in [0.15, 0.2) is 5.82 Å². The van der Waals surface area contributed by atoms with Gasteiger partial charge in [-0.25, -0.2) is 0 Å². The quantitative estimate of drug-likeness (QED) is 0.808. The van der Waals surface area contributed by atoms with Crippen LogP contribution in [-0.2, 0) is 4.79 Å². The maximum Gasteiger partial charge on any atom is 0.240 e. The molecule has 1 unspecified atom stereocenters. The summed E-state index contributed by atoms with van der Waals surface area (Å²) in [5.41, 5.74) is 6.16. The predicted octanol–water partition coefficient (Wildman–Crippen LogP) is 1.49. The molecule has 1 aromatic heterocycles. The van der Waals surface area contributed by atoms with E-state index in [2.05, 4.69) is 20.6 Å². The van der Waals surface area contributed by atoms with Crippen molar-refractivity contribution in [3.05, 3.63) is 30.3 Å². The molecule has 0 radical (unpaired) electrons. The summed E-state index contributed by atoms with van der Waals surface area (Å²) in [5, 5.41) is 3.42. The molecule has 3 N–H and O–H groups in total. The second-order valence-corrected chi connectivity index (χ2v) is 4.55. The van der Waals surface area contributed by atoms with Gasteiger partial charge in [-0.15, -0.1) is 12.3 Å². The molecule has 0 aliphatic rings. The Bertz CT molecular complexity index is 603. The van der Waals surface area contributed by atoms with E-state index < -0.39 is 11.9 Å².